The molecule has 1 aromatic carbocycles. The van der Waals surface area contributed by atoms with Crippen LogP contribution in [0.25, 0.3) is 11.3 Å². The van der Waals surface area contributed by atoms with Crippen LogP contribution in [0.15, 0.2) is 40.0 Å². The van der Waals surface area contributed by atoms with Crippen LogP contribution in [0.1, 0.15) is 57.1 Å². The third-order valence-corrected chi connectivity index (χ3v) is 6.71. The number of nitrogens with zero attached hydrogens (tertiary/aromatic N) is 3. The summed E-state index contributed by atoms with van der Waals surface area (Å²) >= 11 is 23.0. The van der Waals surface area contributed by atoms with Crippen LogP contribution in [-0.2, 0) is 0 Å². The lowest BCUT2D eigenvalue weighted by Crippen LogP contribution is -2.32. The van der Waals surface area contributed by atoms with Crippen LogP contribution < -0.4 is 0 Å². The fourth-order valence-corrected chi connectivity index (χ4v) is 4.76. The van der Waals surface area contributed by atoms with Crippen LogP contribution in [0.4, 0.5) is 0 Å². The third kappa shape index (κ3) is 5.16. The number of rotatable bonds is 5. The Morgan fingerprint density at radius 3 is 2.59 bits per heavy atom. The summed E-state index contributed by atoms with van der Waals surface area (Å²) in [6.45, 7) is 3.96. The minimum Gasteiger partial charge on any atom is -0.262 e. The van der Waals surface area contributed by atoms with Gasteiger partial charge in [0.15, 0.2) is 0 Å². The summed E-state index contributed by atoms with van der Waals surface area (Å²) in [6, 6.07) is 7.93. The van der Waals surface area contributed by atoms with E-state index in [1.807, 2.05) is 38.3 Å². The first-order valence-corrected chi connectivity index (χ1v) is 11.6. The molecule has 0 radical (unpaired) electrons. The maximum Gasteiger partial charge on any atom is 0.138 e. The molecule has 0 spiro atoms. The van der Waals surface area contributed by atoms with Crippen molar-refractivity contribution in [2.45, 2.75) is 52.0 Å². The Kier molecular flexibility index (Phi) is 8.03. The van der Waals surface area contributed by atoms with Crippen molar-refractivity contribution in [2.24, 2.45) is 5.10 Å². The van der Waals surface area contributed by atoms with Crippen molar-refractivity contribution >= 4 is 68.2 Å². The van der Waals surface area contributed by atoms with Crippen LogP contribution in [0.2, 0.25) is 15.2 Å². The van der Waals surface area contributed by atoms with E-state index in [0.717, 1.165) is 39.7 Å². The van der Waals surface area contributed by atoms with E-state index in [1.54, 1.807) is 12.3 Å². The van der Waals surface area contributed by atoms with E-state index >= 15 is 0 Å². The molecule has 0 amide bonds. The molecule has 2 aromatic rings. The van der Waals surface area contributed by atoms with Gasteiger partial charge in [-0.05, 0) is 65.9 Å². The summed E-state index contributed by atoms with van der Waals surface area (Å²) in [7, 11) is 0. The SMILES string of the molecule is C/C=N\N(/C(=C(\C)c1cccc(Cl)c1Cl)c1cc(Br)cnc1Cl)C1CCCCC1. The number of allylic oxidation sites excluding steroid dienone is 1. The monoisotopic (exact) mass is 513 g/mol. The lowest BCUT2D eigenvalue weighted by atomic mass is 9.93. The molecule has 1 aromatic heterocycles. The minimum absolute atomic E-state index is 0.290. The Hall–Kier alpha value is -1.07. The van der Waals surface area contributed by atoms with Crippen LogP contribution in [0.5, 0.6) is 0 Å². The van der Waals surface area contributed by atoms with Crippen molar-refractivity contribution < 1.29 is 0 Å². The first-order valence-electron chi connectivity index (χ1n) is 9.68. The Labute approximate surface area is 195 Å². The van der Waals surface area contributed by atoms with Crippen molar-refractivity contribution in [3.63, 3.8) is 0 Å². The standard InChI is InChI=1S/C22H23BrCl3N3/c1-3-28-29(16-8-5-4-6-9-16)21(18-12-15(23)13-27-22(18)26)14(2)17-10-7-11-19(24)20(17)25/h3,7,10-13,16H,4-6,8-9H2,1-2H3/b21-14+,28-3-. The van der Waals surface area contributed by atoms with E-state index in [-0.39, 0.29) is 6.04 Å². The minimum atomic E-state index is 0.290. The van der Waals surface area contributed by atoms with E-state index in [9.17, 15) is 0 Å². The number of pyridine rings is 1. The zero-order chi connectivity index (χ0) is 21.0. The topological polar surface area (TPSA) is 28.5 Å². The van der Waals surface area contributed by atoms with E-state index in [4.69, 9.17) is 39.9 Å². The number of hydrazone groups is 1. The van der Waals surface area contributed by atoms with Crippen LogP contribution in [-0.4, -0.2) is 22.2 Å². The molecule has 29 heavy (non-hydrogen) atoms. The Morgan fingerprint density at radius 2 is 1.90 bits per heavy atom. The third-order valence-electron chi connectivity index (χ3n) is 5.16. The number of hydrogen-bond donors (Lipinski definition) is 0. The smallest absolute Gasteiger partial charge is 0.138 e. The molecular weight excluding hydrogens is 493 g/mol. The average Bonchev–Trinajstić information content (AvgIpc) is 2.72. The van der Waals surface area contributed by atoms with Gasteiger partial charge >= 0.3 is 0 Å². The Bertz CT molecular complexity index is 937. The molecule has 3 rings (SSSR count). The van der Waals surface area contributed by atoms with Gasteiger partial charge in [0.2, 0.25) is 0 Å². The molecule has 0 bridgehead atoms. The number of aromatic nitrogens is 1. The summed E-state index contributed by atoms with van der Waals surface area (Å²) in [4.78, 5) is 4.35. The lowest BCUT2D eigenvalue weighted by molar-refractivity contribution is 0.240. The zero-order valence-electron chi connectivity index (χ0n) is 16.4. The van der Waals surface area contributed by atoms with Crippen molar-refractivity contribution in [3.8, 4) is 0 Å². The summed E-state index contributed by atoms with van der Waals surface area (Å²) in [5, 5.41) is 8.33. The molecule has 0 N–H and O–H groups in total. The van der Waals surface area contributed by atoms with Gasteiger partial charge in [-0.3, -0.25) is 5.01 Å². The first-order chi connectivity index (χ1) is 13.9. The maximum atomic E-state index is 6.58. The van der Waals surface area contributed by atoms with E-state index in [2.05, 4.69) is 25.9 Å². The number of benzene rings is 1. The largest absolute Gasteiger partial charge is 0.262 e. The second-order valence-electron chi connectivity index (χ2n) is 7.08. The highest BCUT2D eigenvalue weighted by Crippen LogP contribution is 2.40. The quantitative estimate of drug-likeness (QED) is 0.227. The van der Waals surface area contributed by atoms with Crippen molar-refractivity contribution in [1.82, 2.24) is 9.99 Å². The van der Waals surface area contributed by atoms with E-state index in [0.29, 0.717) is 15.2 Å². The van der Waals surface area contributed by atoms with Gasteiger partial charge in [0.1, 0.15) is 5.15 Å². The molecule has 7 heteroatoms. The summed E-state index contributed by atoms with van der Waals surface area (Å²) < 4.78 is 0.850. The molecule has 0 aliphatic heterocycles. The molecule has 1 heterocycles. The Balaban J connectivity index is 2.28. The molecule has 1 aliphatic rings. The first kappa shape index (κ1) is 22.6. The van der Waals surface area contributed by atoms with Crippen molar-refractivity contribution in [1.29, 1.82) is 0 Å². The highest BCUT2D eigenvalue weighted by atomic mass is 79.9. The normalized spacial score (nSPS) is 16.2. The van der Waals surface area contributed by atoms with Gasteiger partial charge in [-0.25, -0.2) is 4.98 Å². The predicted octanol–water partition coefficient (Wildman–Crippen LogP) is 8.33. The fraction of sp³-hybridized carbons (Fsp3) is 0.364. The summed E-state index contributed by atoms with van der Waals surface area (Å²) in [5.74, 6) is 0. The molecule has 0 unspecified atom stereocenters. The molecule has 0 atom stereocenters. The molecule has 0 saturated heterocycles. The molecule has 1 fully saturated rings. The van der Waals surface area contributed by atoms with Crippen LogP contribution >= 0.6 is 50.7 Å². The highest BCUT2D eigenvalue weighted by molar-refractivity contribution is 9.10. The second-order valence-corrected chi connectivity index (χ2v) is 9.14. The highest BCUT2D eigenvalue weighted by Gasteiger charge is 2.27. The van der Waals surface area contributed by atoms with Gasteiger partial charge in [-0.2, -0.15) is 5.10 Å². The van der Waals surface area contributed by atoms with Crippen LogP contribution in [0.3, 0.4) is 0 Å². The molecular formula is C22H23BrCl3N3. The van der Waals surface area contributed by atoms with Crippen molar-refractivity contribution in [3.05, 3.63) is 61.3 Å². The van der Waals surface area contributed by atoms with E-state index in [1.165, 1.54) is 19.3 Å². The van der Waals surface area contributed by atoms with Gasteiger partial charge in [0.25, 0.3) is 0 Å². The molecule has 154 valence electrons. The summed E-state index contributed by atoms with van der Waals surface area (Å²) in [6.07, 6.45) is 9.31. The Morgan fingerprint density at radius 1 is 1.17 bits per heavy atom. The average molecular weight is 516 g/mol. The van der Waals surface area contributed by atoms with Crippen molar-refractivity contribution in [2.75, 3.05) is 0 Å². The van der Waals surface area contributed by atoms with Gasteiger partial charge in [-0.15, -0.1) is 0 Å². The summed E-state index contributed by atoms with van der Waals surface area (Å²) in [5.41, 5.74) is 3.52. The van der Waals surface area contributed by atoms with E-state index < -0.39 is 0 Å². The second kappa shape index (κ2) is 10.3. The predicted molar refractivity (Wildman–Crippen MR) is 129 cm³/mol. The van der Waals surface area contributed by atoms with Gasteiger partial charge in [0.05, 0.1) is 21.8 Å². The molecule has 1 aliphatic carbocycles. The maximum absolute atomic E-state index is 6.58. The fourth-order valence-electron chi connectivity index (χ4n) is 3.79. The number of halogens is 4. The zero-order valence-corrected chi connectivity index (χ0v) is 20.3. The molecule has 3 nitrogen and oxygen atoms in total. The van der Waals surface area contributed by atoms with Gasteiger partial charge in [0, 0.05) is 22.4 Å². The van der Waals surface area contributed by atoms with Gasteiger partial charge in [-0.1, -0.05) is 66.2 Å². The molecule has 1 saturated carbocycles. The number of hydrogen-bond acceptors (Lipinski definition) is 3. The lowest BCUT2D eigenvalue weighted by Gasteiger charge is -2.35. The van der Waals surface area contributed by atoms with Crippen LogP contribution in [0, 0.1) is 0 Å². The van der Waals surface area contributed by atoms with Gasteiger partial charge < -0.3 is 0 Å².